The van der Waals surface area contributed by atoms with Crippen molar-refractivity contribution in [2.45, 2.75) is 19.6 Å². The first kappa shape index (κ1) is 13.0. The Balaban J connectivity index is 1.88. The molecule has 0 fully saturated rings. The van der Waals surface area contributed by atoms with E-state index >= 15 is 0 Å². The van der Waals surface area contributed by atoms with Crippen molar-refractivity contribution in [3.8, 4) is 5.75 Å². The lowest BCUT2D eigenvalue weighted by Gasteiger charge is -2.21. The van der Waals surface area contributed by atoms with Crippen molar-refractivity contribution >= 4 is 5.69 Å². The first-order valence-corrected chi connectivity index (χ1v) is 6.91. The zero-order valence-corrected chi connectivity index (χ0v) is 11.7. The number of hydrogen-bond donors (Lipinski definition) is 1. The molecule has 1 aliphatic rings. The van der Waals surface area contributed by atoms with Crippen molar-refractivity contribution in [3.63, 3.8) is 0 Å². The van der Waals surface area contributed by atoms with E-state index in [1.54, 1.807) is 7.11 Å². The lowest BCUT2D eigenvalue weighted by Crippen LogP contribution is -2.20. The van der Waals surface area contributed by atoms with Gasteiger partial charge in [0.15, 0.2) is 0 Å². The second-order valence-corrected chi connectivity index (χ2v) is 5.10. The number of anilines is 1. The van der Waals surface area contributed by atoms with E-state index in [0.717, 1.165) is 36.4 Å². The number of nitrogens with zero attached hydrogens (tertiary/aromatic N) is 1. The lowest BCUT2D eigenvalue weighted by atomic mass is 10.1. The van der Waals surface area contributed by atoms with Gasteiger partial charge < -0.3 is 14.7 Å². The van der Waals surface area contributed by atoms with Gasteiger partial charge in [-0.25, -0.2) is 0 Å². The summed E-state index contributed by atoms with van der Waals surface area (Å²) in [7, 11) is 1.69. The van der Waals surface area contributed by atoms with E-state index < -0.39 is 0 Å². The first-order valence-electron chi connectivity index (χ1n) is 6.91. The van der Waals surface area contributed by atoms with Crippen LogP contribution in [0.25, 0.3) is 0 Å². The highest BCUT2D eigenvalue weighted by atomic mass is 16.5. The molecule has 1 N–H and O–H groups in total. The van der Waals surface area contributed by atoms with Crippen LogP contribution in [0.3, 0.4) is 0 Å². The van der Waals surface area contributed by atoms with Crippen LogP contribution in [0.4, 0.5) is 5.69 Å². The highest BCUT2D eigenvalue weighted by molar-refractivity contribution is 5.58. The van der Waals surface area contributed by atoms with Gasteiger partial charge in [-0.3, -0.25) is 0 Å². The molecule has 2 aromatic carbocycles. The van der Waals surface area contributed by atoms with Crippen molar-refractivity contribution in [2.75, 3.05) is 18.6 Å². The molecule has 0 amide bonds. The summed E-state index contributed by atoms with van der Waals surface area (Å²) < 4.78 is 5.43. The van der Waals surface area contributed by atoms with Gasteiger partial charge in [0.1, 0.15) is 5.75 Å². The maximum Gasteiger partial charge on any atom is 0.123 e. The van der Waals surface area contributed by atoms with Crippen LogP contribution >= 0.6 is 0 Å². The zero-order chi connectivity index (χ0) is 13.9. The predicted octanol–water partition coefficient (Wildman–Crippen LogP) is 2.75. The number of para-hydroxylation sites is 1. The molecule has 2 aromatic rings. The van der Waals surface area contributed by atoms with Crippen LogP contribution in [-0.2, 0) is 19.6 Å². The second kappa shape index (κ2) is 5.55. The Kier molecular flexibility index (Phi) is 3.61. The quantitative estimate of drug-likeness (QED) is 0.926. The van der Waals surface area contributed by atoms with Crippen LogP contribution < -0.4 is 9.64 Å². The number of benzene rings is 2. The Morgan fingerprint density at radius 3 is 2.85 bits per heavy atom. The average molecular weight is 269 g/mol. The van der Waals surface area contributed by atoms with Gasteiger partial charge in [0, 0.05) is 24.3 Å². The third-order valence-electron chi connectivity index (χ3n) is 3.87. The molecule has 104 valence electrons. The Hall–Kier alpha value is -2.00. The zero-order valence-electron chi connectivity index (χ0n) is 11.7. The monoisotopic (exact) mass is 269 g/mol. The van der Waals surface area contributed by atoms with Gasteiger partial charge in [-0.05, 0) is 35.7 Å². The molecule has 3 nitrogen and oxygen atoms in total. The van der Waals surface area contributed by atoms with E-state index in [4.69, 9.17) is 4.74 Å². The normalized spacial score (nSPS) is 13.4. The molecule has 0 spiro atoms. The van der Waals surface area contributed by atoms with Crippen molar-refractivity contribution in [1.29, 1.82) is 0 Å². The van der Waals surface area contributed by atoms with Crippen molar-refractivity contribution < 1.29 is 9.84 Å². The van der Waals surface area contributed by atoms with Crippen molar-refractivity contribution in [1.82, 2.24) is 0 Å². The Morgan fingerprint density at radius 2 is 2.05 bits per heavy atom. The highest BCUT2D eigenvalue weighted by Gasteiger charge is 2.19. The Morgan fingerprint density at radius 1 is 1.20 bits per heavy atom. The van der Waals surface area contributed by atoms with Crippen LogP contribution in [-0.4, -0.2) is 18.8 Å². The molecule has 0 atom stereocenters. The molecule has 0 saturated heterocycles. The van der Waals surface area contributed by atoms with Gasteiger partial charge in [0.05, 0.1) is 13.7 Å². The molecule has 0 saturated carbocycles. The van der Waals surface area contributed by atoms with Gasteiger partial charge in [0.25, 0.3) is 0 Å². The fraction of sp³-hybridized carbons (Fsp3) is 0.294. The van der Waals surface area contributed by atoms with Crippen LogP contribution in [0, 0.1) is 0 Å². The molecule has 0 aliphatic carbocycles. The van der Waals surface area contributed by atoms with Crippen LogP contribution in [0.1, 0.15) is 16.7 Å². The number of methoxy groups -OCH3 is 1. The maximum absolute atomic E-state index is 9.29. The van der Waals surface area contributed by atoms with Gasteiger partial charge in [0.2, 0.25) is 0 Å². The number of ether oxygens (including phenoxy) is 1. The van der Waals surface area contributed by atoms with E-state index in [1.807, 2.05) is 18.2 Å². The number of aliphatic hydroxyl groups excluding tert-OH is 1. The number of fused-ring (bicyclic) bond motifs is 1. The average Bonchev–Trinajstić information content (AvgIpc) is 2.90. The molecular formula is C17H19NO2. The number of rotatable bonds is 4. The summed E-state index contributed by atoms with van der Waals surface area (Å²) in [6, 6.07) is 14.4. The summed E-state index contributed by atoms with van der Waals surface area (Å²) in [4.78, 5) is 2.37. The predicted molar refractivity (Wildman–Crippen MR) is 80.1 cm³/mol. The number of hydrogen-bond acceptors (Lipinski definition) is 3. The molecule has 1 heterocycles. The summed E-state index contributed by atoms with van der Waals surface area (Å²) in [5.74, 6) is 0.881. The Bertz CT molecular complexity index is 610. The molecule has 1 aliphatic heterocycles. The van der Waals surface area contributed by atoms with Gasteiger partial charge in [-0.1, -0.05) is 24.3 Å². The highest BCUT2D eigenvalue weighted by Crippen LogP contribution is 2.31. The van der Waals surface area contributed by atoms with E-state index in [9.17, 15) is 5.11 Å². The second-order valence-electron chi connectivity index (χ2n) is 5.10. The molecule has 0 aromatic heterocycles. The minimum atomic E-state index is 0.0631. The van der Waals surface area contributed by atoms with Crippen LogP contribution in [0.2, 0.25) is 0 Å². The maximum atomic E-state index is 9.29. The summed E-state index contributed by atoms with van der Waals surface area (Å²) in [6.45, 7) is 1.91. The largest absolute Gasteiger partial charge is 0.496 e. The summed E-state index contributed by atoms with van der Waals surface area (Å²) in [5.41, 5.74) is 4.76. The van der Waals surface area contributed by atoms with Crippen molar-refractivity contribution in [3.05, 3.63) is 59.2 Å². The molecule has 0 unspecified atom stereocenters. The molecule has 20 heavy (non-hydrogen) atoms. The molecule has 3 heteroatoms. The fourth-order valence-electron chi connectivity index (χ4n) is 2.83. The summed E-state index contributed by atoms with van der Waals surface area (Å²) in [5, 5.41) is 9.29. The lowest BCUT2D eigenvalue weighted by molar-refractivity contribution is 0.281. The Labute approximate surface area is 119 Å². The minimum Gasteiger partial charge on any atom is -0.496 e. The fourth-order valence-corrected chi connectivity index (χ4v) is 2.83. The number of aliphatic hydroxyl groups is 1. The van der Waals surface area contributed by atoms with Gasteiger partial charge >= 0.3 is 0 Å². The third-order valence-corrected chi connectivity index (χ3v) is 3.87. The molecule has 0 bridgehead atoms. The van der Waals surface area contributed by atoms with Crippen LogP contribution in [0.5, 0.6) is 5.75 Å². The molecular weight excluding hydrogens is 250 g/mol. The first-order chi connectivity index (χ1) is 9.81. The molecule has 0 radical (unpaired) electrons. The summed E-state index contributed by atoms with van der Waals surface area (Å²) in [6.07, 6.45) is 1.10. The molecule has 3 rings (SSSR count). The van der Waals surface area contributed by atoms with E-state index in [-0.39, 0.29) is 6.61 Å². The SMILES string of the molecule is COc1ccc(CO)cc1CN1CCc2ccccc21. The van der Waals surface area contributed by atoms with Gasteiger partial charge in [-0.2, -0.15) is 0 Å². The minimum absolute atomic E-state index is 0.0631. The van der Waals surface area contributed by atoms with E-state index in [0.29, 0.717) is 0 Å². The van der Waals surface area contributed by atoms with Crippen LogP contribution in [0.15, 0.2) is 42.5 Å². The van der Waals surface area contributed by atoms with E-state index in [2.05, 4.69) is 29.2 Å². The topological polar surface area (TPSA) is 32.7 Å². The summed E-state index contributed by atoms with van der Waals surface area (Å²) >= 11 is 0. The third kappa shape index (κ3) is 2.37. The smallest absolute Gasteiger partial charge is 0.123 e. The van der Waals surface area contributed by atoms with Gasteiger partial charge in [-0.15, -0.1) is 0 Å². The standard InChI is InChI=1S/C17H19NO2/c1-20-17-7-6-13(12-19)10-15(17)11-18-9-8-14-4-2-3-5-16(14)18/h2-7,10,19H,8-9,11-12H2,1H3. The van der Waals surface area contributed by atoms with Crippen molar-refractivity contribution in [2.24, 2.45) is 0 Å². The van der Waals surface area contributed by atoms with E-state index in [1.165, 1.54) is 11.3 Å².